The molecule has 1 aliphatic carbocycles. The molecule has 130 valence electrons. The number of amides is 1. The van der Waals surface area contributed by atoms with E-state index in [1.165, 1.54) is 19.3 Å². The fraction of sp³-hybridized carbons (Fsp3) is 0.944. The average Bonchev–Trinajstić information content (AvgIpc) is 2.22. The van der Waals surface area contributed by atoms with Gasteiger partial charge in [-0.1, -0.05) is 20.8 Å². The first-order valence-corrected chi connectivity index (χ1v) is 8.70. The van der Waals surface area contributed by atoms with Crippen LogP contribution in [-0.4, -0.2) is 30.3 Å². The maximum Gasteiger partial charge on any atom is 0.407 e. The van der Waals surface area contributed by atoms with Crippen molar-refractivity contribution in [2.75, 3.05) is 6.54 Å². The van der Waals surface area contributed by atoms with Gasteiger partial charge in [0.2, 0.25) is 0 Å². The first-order chi connectivity index (χ1) is 9.97. The molecule has 0 bridgehead atoms. The summed E-state index contributed by atoms with van der Waals surface area (Å²) < 4.78 is 5.28. The summed E-state index contributed by atoms with van der Waals surface area (Å²) in [7, 11) is 0. The van der Waals surface area contributed by atoms with E-state index in [1.807, 2.05) is 27.7 Å². The lowest BCUT2D eigenvalue weighted by molar-refractivity contribution is 0.0506. The number of rotatable bonds is 5. The van der Waals surface area contributed by atoms with Crippen LogP contribution in [0.2, 0.25) is 0 Å². The van der Waals surface area contributed by atoms with Crippen LogP contribution in [0.4, 0.5) is 4.79 Å². The quantitative estimate of drug-likeness (QED) is 0.803. The lowest BCUT2D eigenvalue weighted by Crippen LogP contribution is -2.43. The molecule has 0 saturated heterocycles. The van der Waals surface area contributed by atoms with Crippen LogP contribution in [0.5, 0.6) is 0 Å². The van der Waals surface area contributed by atoms with Crippen LogP contribution in [0.15, 0.2) is 0 Å². The Hall–Kier alpha value is -0.770. The van der Waals surface area contributed by atoms with Crippen LogP contribution in [0.25, 0.3) is 0 Å². The van der Waals surface area contributed by atoms with Crippen molar-refractivity contribution in [3.05, 3.63) is 0 Å². The molecule has 3 atom stereocenters. The van der Waals surface area contributed by atoms with Gasteiger partial charge < -0.3 is 15.4 Å². The van der Waals surface area contributed by atoms with Gasteiger partial charge >= 0.3 is 6.09 Å². The third-order valence-corrected chi connectivity index (χ3v) is 4.16. The number of alkyl carbamates (subject to hydrolysis) is 1. The molecule has 2 N–H and O–H groups in total. The molecule has 1 fully saturated rings. The Balaban J connectivity index is 2.25. The number of ether oxygens (including phenoxy) is 1. The molecule has 0 radical (unpaired) electrons. The number of carbonyl (C=O) groups is 1. The molecule has 0 aromatic heterocycles. The summed E-state index contributed by atoms with van der Waals surface area (Å²) >= 11 is 0. The summed E-state index contributed by atoms with van der Waals surface area (Å²) in [5.41, 5.74) is 0.00157. The van der Waals surface area contributed by atoms with Crippen molar-refractivity contribution in [2.45, 2.75) is 91.8 Å². The smallest absolute Gasteiger partial charge is 0.407 e. The monoisotopic (exact) mass is 312 g/mol. The minimum Gasteiger partial charge on any atom is -0.444 e. The zero-order valence-corrected chi connectivity index (χ0v) is 15.6. The van der Waals surface area contributed by atoms with Crippen molar-refractivity contribution in [3.63, 3.8) is 0 Å². The maximum atomic E-state index is 11.7. The molecule has 0 heterocycles. The van der Waals surface area contributed by atoms with Crippen molar-refractivity contribution in [2.24, 2.45) is 11.3 Å². The Bertz CT molecular complexity index is 361. The SMILES string of the molecule is CC1CC(NCCC(C)NC(=O)OC(C)(C)C)CC(C)(C)C1. The van der Waals surface area contributed by atoms with E-state index < -0.39 is 5.60 Å². The van der Waals surface area contributed by atoms with Gasteiger partial charge in [-0.3, -0.25) is 0 Å². The van der Waals surface area contributed by atoms with Gasteiger partial charge in [-0.15, -0.1) is 0 Å². The molecule has 0 aliphatic heterocycles. The molecule has 1 amide bonds. The van der Waals surface area contributed by atoms with Gasteiger partial charge in [0.05, 0.1) is 0 Å². The van der Waals surface area contributed by atoms with E-state index in [-0.39, 0.29) is 12.1 Å². The Kier molecular flexibility index (Phi) is 6.72. The zero-order valence-electron chi connectivity index (χ0n) is 15.6. The highest BCUT2D eigenvalue weighted by Crippen LogP contribution is 2.38. The summed E-state index contributed by atoms with van der Waals surface area (Å²) in [4.78, 5) is 11.7. The first-order valence-electron chi connectivity index (χ1n) is 8.70. The predicted octanol–water partition coefficient (Wildman–Crippen LogP) is 4.09. The minimum absolute atomic E-state index is 0.122. The summed E-state index contributed by atoms with van der Waals surface area (Å²) in [5.74, 6) is 0.790. The van der Waals surface area contributed by atoms with E-state index in [1.54, 1.807) is 0 Å². The Morgan fingerprint density at radius 2 is 1.95 bits per heavy atom. The van der Waals surface area contributed by atoms with Gasteiger partial charge in [-0.05, 0) is 71.3 Å². The second-order valence-electron chi connectivity index (χ2n) is 8.90. The molecule has 0 aromatic carbocycles. The van der Waals surface area contributed by atoms with Gasteiger partial charge in [0.25, 0.3) is 0 Å². The third-order valence-electron chi connectivity index (χ3n) is 4.16. The van der Waals surface area contributed by atoms with Crippen molar-refractivity contribution >= 4 is 6.09 Å². The van der Waals surface area contributed by atoms with Crippen LogP contribution >= 0.6 is 0 Å². The molecule has 4 heteroatoms. The maximum absolute atomic E-state index is 11.7. The second kappa shape index (κ2) is 7.67. The molecule has 22 heavy (non-hydrogen) atoms. The fourth-order valence-corrected chi connectivity index (χ4v) is 3.59. The normalized spacial score (nSPS) is 26.3. The van der Waals surface area contributed by atoms with E-state index in [0.29, 0.717) is 11.5 Å². The highest BCUT2D eigenvalue weighted by atomic mass is 16.6. The van der Waals surface area contributed by atoms with Crippen LogP contribution in [0, 0.1) is 11.3 Å². The van der Waals surface area contributed by atoms with E-state index in [2.05, 4.69) is 31.4 Å². The van der Waals surface area contributed by atoms with Gasteiger partial charge in [0, 0.05) is 12.1 Å². The van der Waals surface area contributed by atoms with E-state index in [4.69, 9.17) is 4.74 Å². The molecule has 3 unspecified atom stereocenters. The lowest BCUT2D eigenvalue weighted by atomic mass is 9.70. The summed E-state index contributed by atoms with van der Waals surface area (Å²) in [6.07, 6.45) is 4.42. The highest BCUT2D eigenvalue weighted by Gasteiger charge is 2.31. The fourth-order valence-electron chi connectivity index (χ4n) is 3.59. The molecular formula is C18H36N2O2. The summed E-state index contributed by atoms with van der Waals surface area (Å²) in [6, 6.07) is 0.726. The van der Waals surface area contributed by atoms with Crippen LogP contribution in [0.1, 0.15) is 74.1 Å². The van der Waals surface area contributed by atoms with Crippen molar-refractivity contribution < 1.29 is 9.53 Å². The zero-order chi connectivity index (χ0) is 17.0. The topological polar surface area (TPSA) is 50.4 Å². The van der Waals surface area contributed by atoms with E-state index in [0.717, 1.165) is 18.9 Å². The van der Waals surface area contributed by atoms with Gasteiger partial charge in [0.1, 0.15) is 5.60 Å². The third kappa shape index (κ3) is 8.02. The molecule has 1 aliphatic rings. The van der Waals surface area contributed by atoms with Gasteiger partial charge in [-0.2, -0.15) is 0 Å². The number of hydrogen-bond acceptors (Lipinski definition) is 3. The van der Waals surface area contributed by atoms with Crippen molar-refractivity contribution in [1.82, 2.24) is 10.6 Å². The largest absolute Gasteiger partial charge is 0.444 e. The molecule has 0 aromatic rings. The van der Waals surface area contributed by atoms with Gasteiger partial charge in [0.15, 0.2) is 0 Å². The summed E-state index contributed by atoms with van der Waals surface area (Å²) in [5, 5.41) is 6.57. The predicted molar refractivity (Wildman–Crippen MR) is 92.0 cm³/mol. The second-order valence-corrected chi connectivity index (χ2v) is 8.90. The Morgan fingerprint density at radius 1 is 1.32 bits per heavy atom. The van der Waals surface area contributed by atoms with Crippen LogP contribution in [0.3, 0.4) is 0 Å². The standard InChI is InChI=1S/C18H36N2O2/c1-13-10-15(12-18(6,7)11-13)19-9-8-14(2)20-16(21)22-17(3,4)5/h13-15,19H,8-12H2,1-7H3,(H,20,21). The Morgan fingerprint density at radius 3 is 2.50 bits per heavy atom. The van der Waals surface area contributed by atoms with Gasteiger partial charge in [-0.25, -0.2) is 4.79 Å². The number of nitrogens with one attached hydrogen (secondary N) is 2. The van der Waals surface area contributed by atoms with Crippen molar-refractivity contribution in [1.29, 1.82) is 0 Å². The number of hydrogen-bond donors (Lipinski definition) is 2. The molecule has 0 spiro atoms. The molecule has 1 saturated carbocycles. The molecular weight excluding hydrogens is 276 g/mol. The van der Waals surface area contributed by atoms with E-state index >= 15 is 0 Å². The van der Waals surface area contributed by atoms with Crippen LogP contribution < -0.4 is 10.6 Å². The van der Waals surface area contributed by atoms with E-state index in [9.17, 15) is 4.79 Å². The first kappa shape index (κ1) is 19.3. The summed E-state index contributed by atoms with van der Waals surface area (Å²) in [6.45, 7) is 15.7. The van der Waals surface area contributed by atoms with Crippen molar-refractivity contribution in [3.8, 4) is 0 Å². The van der Waals surface area contributed by atoms with Crippen LogP contribution in [-0.2, 0) is 4.74 Å². The minimum atomic E-state index is -0.439. The number of carbonyl (C=O) groups excluding carboxylic acids is 1. The average molecular weight is 312 g/mol. The Labute approximate surface area is 136 Å². The highest BCUT2D eigenvalue weighted by molar-refractivity contribution is 5.67. The molecule has 1 rings (SSSR count). The lowest BCUT2D eigenvalue weighted by Gasteiger charge is -2.39. The molecule has 4 nitrogen and oxygen atoms in total.